The molecule has 0 aliphatic carbocycles. The van der Waals surface area contributed by atoms with Crippen LogP contribution in [0.2, 0.25) is 0 Å². The summed E-state index contributed by atoms with van der Waals surface area (Å²) < 4.78 is 21.9. The number of guanidine groups is 1. The Morgan fingerprint density at radius 3 is 2.33 bits per heavy atom. The molecule has 0 aliphatic rings. The Hall–Kier alpha value is -0.0500. The van der Waals surface area contributed by atoms with Gasteiger partial charge in [-0.25, -0.2) is 8.42 Å². The van der Waals surface area contributed by atoms with Gasteiger partial charge in [-0.15, -0.1) is 24.0 Å². The van der Waals surface area contributed by atoms with Crippen LogP contribution in [0.1, 0.15) is 27.2 Å². The topological polar surface area (TPSA) is 70.6 Å². The first-order chi connectivity index (χ1) is 7.85. The van der Waals surface area contributed by atoms with Gasteiger partial charge in [0.15, 0.2) is 5.96 Å². The molecule has 18 heavy (non-hydrogen) atoms. The maximum Gasteiger partial charge on any atom is 0.191 e. The van der Waals surface area contributed by atoms with Gasteiger partial charge in [0.2, 0.25) is 0 Å². The number of rotatable bonds is 7. The van der Waals surface area contributed by atoms with Gasteiger partial charge in [-0.1, -0.05) is 13.8 Å². The van der Waals surface area contributed by atoms with E-state index in [4.69, 9.17) is 0 Å². The first kappa shape index (κ1) is 20.3. The molecule has 0 radical (unpaired) electrons. The highest BCUT2D eigenvalue weighted by Gasteiger charge is 2.02. The summed E-state index contributed by atoms with van der Waals surface area (Å²) >= 11 is 0. The highest BCUT2D eigenvalue weighted by atomic mass is 127. The van der Waals surface area contributed by atoms with E-state index < -0.39 is 9.84 Å². The molecule has 0 fully saturated rings. The van der Waals surface area contributed by atoms with Crippen LogP contribution in [0.15, 0.2) is 4.99 Å². The summed E-state index contributed by atoms with van der Waals surface area (Å²) in [5.74, 6) is 1.49. The normalized spacial score (nSPS) is 12.2. The average molecular weight is 391 g/mol. The first-order valence-corrected chi connectivity index (χ1v) is 8.11. The maximum atomic E-state index is 10.9. The van der Waals surface area contributed by atoms with E-state index in [2.05, 4.69) is 29.5 Å². The molecule has 5 nitrogen and oxygen atoms in total. The zero-order valence-electron chi connectivity index (χ0n) is 11.7. The van der Waals surface area contributed by atoms with Crippen LogP contribution in [0.3, 0.4) is 0 Å². The maximum absolute atomic E-state index is 10.9. The zero-order chi connectivity index (χ0) is 13.3. The minimum atomic E-state index is -2.86. The molecule has 0 heterocycles. The van der Waals surface area contributed by atoms with Crippen molar-refractivity contribution in [3.05, 3.63) is 0 Å². The number of halogens is 1. The molecule has 0 aromatic carbocycles. The second kappa shape index (κ2) is 10.8. The Bertz CT molecular complexity index is 329. The smallest absolute Gasteiger partial charge is 0.191 e. The predicted molar refractivity (Wildman–Crippen MR) is 88.6 cm³/mol. The summed E-state index contributed by atoms with van der Waals surface area (Å²) in [7, 11) is -2.86. The van der Waals surface area contributed by atoms with E-state index >= 15 is 0 Å². The second-order valence-electron chi connectivity index (χ2n) is 4.52. The van der Waals surface area contributed by atoms with Crippen molar-refractivity contribution in [2.45, 2.75) is 27.2 Å². The van der Waals surface area contributed by atoms with Crippen LogP contribution in [-0.4, -0.2) is 46.0 Å². The lowest BCUT2D eigenvalue weighted by atomic mass is 10.2. The number of nitrogens with zero attached hydrogens (tertiary/aromatic N) is 1. The fourth-order valence-electron chi connectivity index (χ4n) is 1.16. The van der Waals surface area contributed by atoms with Gasteiger partial charge in [-0.2, -0.15) is 0 Å². The van der Waals surface area contributed by atoms with Crippen molar-refractivity contribution in [1.82, 2.24) is 10.6 Å². The molecule has 0 saturated heterocycles. The highest BCUT2D eigenvalue weighted by molar-refractivity contribution is 14.0. The minimum Gasteiger partial charge on any atom is -0.357 e. The van der Waals surface area contributed by atoms with Crippen molar-refractivity contribution in [2.24, 2.45) is 10.9 Å². The van der Waals surface area contributed by atoms with E-state index in [1.165, 1.54) is 6.26 Å². The second-order valence-corrected chi connectivity index (χ2v) is 6.78. The average Bonchev–Trinajstić information content (AvgIpc) is 2.19. The summed E-state index contributed by atoms with van der Waals surface area (Å²) in [6.07, 6.45) is 1.86. The largest absolute Gasteiger partial charge is 0.357 e. The molecule has 0 saturated carbocycles. The van der Waals surface area contributed by atoms with Crippen LogP contribution in [0.25, 0.3) is 0 Å². The lowest BCUT2D eigenvalue weighted by Crippen LogP contribution is -2.38. The summed E-state index contributed by atoms with van der Waals surface area (Å²) in [5.41, 5.74) is 0. The van der Waals surface area contributed by atoms with E-state index in [0.29, 0.717) is 18.9 Å². The van der Waals surface area contributed by atoms with Gasteiger partial charge in [-0.3, -0.25) is 4.99 Å². The third kappa shape index (κ3) is 14.0. The number of hydrogen-bond donors (Lipinski definition) is 2. The lowest BCUT2D eigenvalue weighted by Gasteiger charge is -2.11. The number of aliphatic imine (C=N–C) groups is 1. The van der Waals surface area contributed by atoms with Gasteiger partial charge < -0.3 is 10.6 Å². The Morgan fingerprint density at radius 1 is 1.28 bits per heavy atom. The van der Waals surface area contributed by atoms with Crippen molar-refractivity contribution in [1.29, 1.82) is 0 Å². The molecule has 0 aromatic heterocycles. The quantitative estimate of drug-likeness (QED) is 0.297. The molecule has 0 unspecified atom stereocenters. The molecule has 0 aliphatic heterocycles. The standard InChI is InChI=1S/C11H25N3O2S.HI/c1-5-12-11(14-9-10(2)3)13-7-6-8-17(4,15)16;/h10H,5-9H2,1-4H3,(H2,12,13,14);1H. The number of hydrogen-bond acceptors (Lipinski definition) is 3. The monoisotopic (exact) mass is 391 g/mol. The van der Waals surface area contributed by atoms with E-state index in [9.17, 15) is 8.42 Å². The fraction of sp³-hybridized carbons (Fsp3) is 0.909. The van der Waals surface area contributed by atoms with Crippen molar-refractivity contribution < 1.29 is 8.42 Å². The van der Waals surface area contributed by atoms with E-state index in [-0.39, 0.29) is 29.7 Å². The molecule has 0 spiro atoms. The van der Waals surface area contributed by atoms with E-state index in [1.807, 2.05) is 6.92 Å². The van der Waals surface area contributed by atoms with Crippen LogP contribution in [0.5, 0.6) is 0 Å². The molecule has 7 heteroatoms. The SMILES string of the molecule is CCNC(=NCC(C)C)NCCCS(C)(=O)=O.I. The predicted octanol–water partition coefficient (Wildman–Crippen LogP) is 1.25. The summed E-state index contributed by atoms with van der Waals surface area (Å²) in [6.45, 7) is 8.41. The fourth-order valence-corrected chi connectivity index (χ4v) is 1.83. The minimum absolute atomic E-state index is 0. The van der Waals surface area contributed by atoms with Gasteiger partial charge in [0.25, 0.3) is 0 Å². The molecule has 0 rings (SSSR count). The van der Waals surface area contributed by atoms with Gasteiger partial charge >= 0.3 is 0 Å². The molecule has 0 bridgehead atoms. The van der Waals surface area contributed by atoms with Crippen molar-refractivity contribution in [3.63, 3.8) is 0 Å². The van der Waals surface area contributed by atoms with E-state index in [0.717, 1.165) is 19.0 Å². The molecule has 110 valence electrons. The first-order valence-electron chi connectivity index (χ1n) is 6.05. The summed E-state index contributed by atoms with van der Waals surface area (Å²) in [6, 6.07) is 0. The van der Waals surface area contributed by atoms with Crippen LogP contribution in [-0.2, 0) is 9.84 Å². The van der Waals surface area contributed by atoms with Crippen LogP contribution >= 0.6 is 24.0 Å². The Morgan fingerprint density at radius 2 is 1.89 bits per heavy atom. The summed E-state index contributed by atoms with van der Waals surface area (Å²) in [5, 5.41) is 6.25. The third-order valence-electron chi connectivity index (χ3n) is 1.94. The van der Waals surface area contributed by atoms with Gasteiger partial charge in [0.05, 0.1) is 5.75 Å². The Kier molecular flexibility index (Phi) is 12.2. The highest BCUT2D eigenvalue weighted by Crippen LogP contribution is 1.91. The van der Waals surface area contributed by atoms with Crippen molar-refractivity contribution in [3.8, 4) is 0 Å². The van der Waals surface area contributed by atoms with Gasteiger partial charge in [-0.05, 0) is 19.3 Å². The van der Waals surface area contributed by atoms with E-state index in [1.54, 1.807) is 0 Å². The van der Waals surface area contributed by atoms with Crippen molar-refractivity contribution in [2.75, 3.05) is 31.6 Å². The lowest BCUT2D eigenvalue weighted by molar-refractivity contribution is 0.598. The molecule has 0 amide bonds. The molecular formula is C11H26IN3O2S. The Labute approximate surface area is 128 Å². The van der Waals surface area contributed by atoms with Gasteiger partial charge in [0, 0.05) is 25.9 Å². The third-order valence-corrected chi connectivity index (χ3v) is 2.97. The van der Waals surface area contributed by atoms with Crippen LogP contribution in [0, 0.1) is 5.92 Å². The molecular weight excluding hydrogens is 365 g/mol. The molecule has 2 N–H and O–H groups in total. The molecule has 0 aromatic rings. The van der Waals surface area contributed by atoms with Gasteiger partial charge in [0.1, 0.15) is 9.84 Å². The number of sulfone groups is 1. The van der Waals surface area contributed by atoms with Crippen LogP contribution < -0.4 is 10.6 Å². The molecule has 0 atom stereocenters. The zero-order valence-corrected chi connectivity index (χ0v) is 14.8. The van der Waals surface area contributed by atoms with Crippen molar-refractivity contribution >= 4 is 39.8 Å². The number of nitrogens with one attached hydrogen (secondary N) is 2. The Balaban J connectivity index is 0. The summed E-state index contributed by atoms with van der Waals surface area (Å²) in [4.78, 5) is 4.39. The van der Waals surface area contributed by atoms with Crippen LogP contribution in [0.4, 0.5) is 0 Å².